The van der Waals surface area contributed by atoms with Gasteiger partial charge in [0.05, 0.1) is 19.6 Å². The van der Waals surface area contributed by atoms with Crippen molar-refractivity contribution in [2.45, 2.75) is 6.43 Å². The smallest absolute Gasteiger partial charge is 0.317 e. The van der Waals surface area contributed by atoms with E-state index in [9.17, 15) is 13.6 Å². The van der Waals surface area contributed by atoms with Crippen LogP contribution in [0.25, 0.3) is 0 Å². The lowest BCUT2D eigenvalue weighted by atomic mass is 10.4. The summed E-state index contributed by atoms with van der Waals surface area (Å²) in [5, 5.41) is 8.27. The number of carboxylic acid groups (broad SMARTS) is 1. The van der Waals surface area contributed by atoms with Crippen LogP contribution >= 0.6 is 0 Å². The zero-order valence-corrected chi connectivity index (χ0v) is 6.33. The monoisotopic (exact) mass is 177 g/mol. The van der Waals surface area contributed by atoms with Gasteiger partial charge in [-0.15, -0.1) is 6.42 Å². The largest absolute Gasteiger partial charge is 0.480 e. The molecule has 0 saturated carbocycles. The molecule has 0 saturated heterocycles. The number of nitrogens with zero attached hydrogens (tertiary/aromatic N) is 1. The van der Waals surface area contributed by atoms with Gasteiger partial charge in [0.2, 0.25) is 0 Å². The number of terminal acetylenes is 1. The number of alkyl halides is 2. The normalized spacial score (nSPS) is 10.2. The molecule has 0 aromatic heterocycles. The number of carbonyl (C=O) groups is 1. The van der Waals surface area contributed by atoms with Gasteiger partial charge in [0, 0.05) is 0 Å². The van der Waals surface area contributed by atoms with Crippen molar-refractivity contribution in [2.75, 3.05) is 19.6 Å². The maximum Gasteiger partial charge on any atom is 0.317 e. The van der Waals surface area contributed by atoms with Gasteiger partial charge in [-0.3, -0.25) is 9.69 Å². The van der Waals surface area contributed by atoms with Gasteiger partial charge >= 0.3 is 5.97 Å². The Morgan fingerprint density at radius 1 is 1.67 bits per heavy atom. The average Bonchev–Trinajstić information content (AvgIpc) is 1.84. The van der Waals surface area contributed by atoms with Gasteiger partial charge in [-0.25, -0.2) is 8.78 Å². The van der Waals surface area contributed by atoms with Gasteiger partial charge in [-0.2, -0.15) is 0 Å². The minimum Gasteiger partial charge on any atom is -0.480 e. The summed E-state index contributed by atoms with van der Waals surface area (Å²) in [4.78, 5) is 11.1. The Bertz CT molecular complexity index is 188. The SMILES string of the molecule is C#CCN(CC(=O)O)CC(F)F. The summed E-state index contributed by atoms with van der Waals surface area (Å²) in [6.07, 6.45) is 2.29. The molecule has 0 heterocycles. The van der Waals surface area contributed by atoms with Crippen LogP contribution in [0, 0.1) is 12.3 Å². The van der Waals surface area contributed by atoms with Crippen molar-refractivity contribution >= 4 is 5.97 Å². The number of hydrogen-bond acceptors (Lipinski definition) is 2. The minimum atomic E-state index is -2.56. The summed E-state index contributed by atoms with van der Waals surface area (Å²) in [7, 11) is 0. The molecule has 0 aromatic carbocycles. The molecule has 0 aliphatic rings. The highest BCUT2D eigenvalue weighted by molar-refractivity contribution is 5.69. The molecule has 5 heteroatoms. The van der Waals surface area contributed by atoms with E-state index in [1.54, 1.807) is 0 Å². The fourth-order valence-electron chi connectivity index (χ4n) is 0.701. The first kappa shape index (κ1) is 10.8. The molecule has 0 bridgehead atoms. The molecular formula is C7H9F2NO2. The third-order valence-corrected chi connectivity index (χ3v) is 1.07. The molecular weight excluding hydrogens is 168 g/mol. The molecule has 0 aromatic rings. The highest BCUT2D eigenvalue weighted by atomic mass is 19.3. The Morgan fingerprint density at radius 3 is 2.58 bits per heavy atom. The van der Waals surface area contributed by atoms with E-state index >= 15 is 0 Å². The Labute approximate surface area is 69.0 Å². The Hall–Kier alpha value is -1.15. The van der Waals surface area contributed by atoms with Gasteiger partial charge in [0.1, 0.15) is 0 Å². The zero-order chi connectivity index (χ0) is 9.56. The van der Waals surface area contributed by atoms with E-state index in [4.69, 9.17) is 11.5 Å². The van der Waals surface area contributed by atoms with Gasteiger partial charge in [0.25, 0.3) is 6.43 Å². The second-order valence-electron chi connectivity index (χ2n) is 2.16. The van der Waals surface area contributed by atoms with E-state index in [-0.39, 0.29) is 6.54 Å². The van der Waals surface area contributed by atoms with E-state index in [0.29, 0.717) is 0 Å². The Morgan fingerprint density at radius 2 is 2.25 bits per heavy atom. The lowest BCUT2D eigenvalue weighted by molar-refractivity contribution is -0.138. The highest BCUT2D eigenvalue weighted by Gasteiger charge is 2.13. The van der Waals surface area contributed by atoms with E-state index < -0.39 is 25.5 Å². The molecule has 1 N–H and O–H groups in total. The highest BCUT2D eigenvalue weighted by Crippen LogP contribution is 1.96. The van der Waals surface area contributed by atoms with Crippen molar-refractivity contribution < 1.29 is 18.7 Å². The first-order valence-electron chi connectivity index (χ1n) is 3.22. The first-order valence-corrected chi connectivity index (χ1v) is 3.22. The van der Waals surface area contributed by atoms with Crippen LogP contribution in [-0.2, 0) is 4.79 Å². The van der Waals surface area contributed by atoms with E-state index in [1.807, 2.05) is 0 Å². The van der Waals surface area contributed by atoms with Crippen molar-refractivity contribution in [3.8, 4) is 12.3 Å². The molecule has 0 rings (SSSR count). The predicted octanol–water partition coefficient (Wildman–Crippen LogP) is 0.271. The summed E-state index contributed by atoms with van der Waals surface area (Å²) < 4.78 is 23.5. The fraction of sp³-hybridized carbons (Fsp3) is 0.571. The molecule has 0 spiro atoms. The molecule has 12 heavy (non-hydrogen) atoms. The quantitative estimate of drug-likeness (QED) is 0.613. The van der Waals surface area contributed by atoms with Crippen molar-refractivity contribution in [1.29, 1.82) is 0 Å². The van der Waals surface area contributed by atoms with Crippen LogP contribution in [0.15, 0.2) is 0 Å². The zero-order valence-electron chi connectivity index (χ0n) is 6.33. The summed E-state index contributed by atoms with van der Waals surface area (Å²) in [6, 6.07) is 0. The van der Waals surface area contributed by atoms with Gasteiger partial charge < -0.3 is 5.11 Å². The number of halogens is 2. The minimum absolute atomic E-state index is 0.0728. The van der Waals surface area contributed by atoms with Crippen LogP contribution in [0.3, 0.4) is 0 Å². The summed E-state index contributed by atoms with van der Waals surface area (Å²) in [6.45, 7) is -1.12. The molecule has 0 fully saturated rings. The molecule has 0 aliphatic carbocycles. The van der Waals surface area contributed by atoms with Crippen molar-refractivity contribution in [3.63, 3.8) is 0 Å². The van der Waals surface area contributed by atoms with Crippen molar-refractivity contribution in [3.05, 3.63) is 0 Å². The third-order valence-electron chi connectivity index (χ3n) is 1.07. The van der Waals surface area contributed by atoms with Crippen LogP contribution in [0.2, 0.25) is 0 Å². The van der Waals surface area contributed by atoms with E-state index in [2.05, 4.69) is 5.92 Å². The molecule has 0 amide bonds. The molecule has 0 aliphatic heterocycles. The second-order valence-corrected chi connectivity index (χ2v) is 2.16. The Balaban J connectivity index is 3.87. The molecule has 0 unspecified atom stereocenters. The standard InChI is InChI=1S/C7H9F2NO2/c1-2-3-10(4-6(8)9)5-7(11)12/h1,6H,3-5H2,(H,11,12). The number of aliphatic carboxylic acids is 1. The van der Waals surface area contributed by atoms with Crippen LogP contribution in [0.5, 0.6) is 0 Å². The maximum atomic E-state index is 11.8. The molecule has 3 nitrogen and oxygen atoms in total. The summed E-state index contributed by atoms with van der Waals surface area (Å²) in [5.41, 5.74) is 0. The van der Waals surface area contributed by atoms with E-state index in [0.717, 1.165) is 4.90 Å². The topological polar surface area (TPSA) is 40.5 Å². The lowest BCUT2D eigenvalue weighted by Crippen LogP contribution is -2.34. The van der Waals surface area contributed by atoms with Crippen LogP contribution in [0.4, 0.5) is 8.78 Å². The van der Waals surface area contributed by atoms with Crippen LogP contribution in [0.1, 0.15) is 0 Å². The maximum absolute atomic E-state index is 11.8. The molecule has 0 radical (unpaired) electrons. The third kappa shape index (κ3) is 5.62. The second kappa shape index (κ2) is 5.49. The van der Waals surface area contributed by atoms with E-state index in [1.165, 1.54) is 0 Å². The Kier molecular flexibility index (Phi) is 4.97. The van der Waals surface area contributed by atoms with Crippen molar-refractivity contribution in [1.82, 2.24) is 4.90 Å². The first-order chi connectivity index (χ1) is 5.56. The molecule has 0 atom stereocenters. The summed E-state index contributed by atoms with van der Waals surface area (Å²) >= 11 is 0. The number of carboxylic acids is 1. The predicted molar refractivity (Wildman–Crippen MR) is 38.9 cm³/mol. The fourth-order valence-corrected chi connectivity index (χ4v) is 0.701. The van der Waals surface area contributed by atoms with Crippen LogP contribution in [-0.4, -0.2) is 42.0 Å². The lowest BCUT2D eigenvalue weighted by Gasteiger charge is -2.15. The van der Waals surface area contributed by atoms with Gasteiger partial charge in [-0.1, -0.05) is 5.92 Å². The molecule has 68 valence electrons. The van der Waals surface area contributed by atoms with Crippen molar-refractivity contribution in [2.24, 2.45) is 0 Å². The number of rotatable bonds is 5. The average molecular weight is 177 g/mol. The van der Waals surface area contributed by atoms with Gasteiger partial charge in [0.15, 0.2) is 0 Å². The van der Waals surface area contributed by atoms with Gasteiger partial charge in [-0.05, 0) is 0 Å². The van der Waals surface area contributed by atoms with Crippen LogP contribution < -0.4 is 0 Å². The number of hydrogen-bond donors (Lipinski definition) is 1. The summed E-state index contributed by atoms with van der Waals surface area (Å²) in [5.74, 6) is 0.947.